The van der Waals surface area contributed by atoms with Gasteiger partial charge in [0, 0.05) is 5.41 Å². The molecule has 47 heavy (non-hydrogen) atoms. The highest BCUT2D eigenvalue weighted by Gasteiger charge is 2.35. The van der Waals surface area contributed by atoms with Crippen LogP contribution >= 0.6 is 0 Å². The Morgan fingerprint density at radius 1 is 0.383 bits per heavy atom. The van der Waals surface area contributed by atoms with Crippen molar-refractivity contribution in [2.24, 2.45) is 0 Å². The first kappa shape index (κ1) is 30.5. The monoisotopic (exact) mass is 606 g/mol. The summed E-state index contributed by atoms with van der Waals surface area (Å²) in [6.45, 7) is 13.3. The van der Waals surface area contributed by atoms with Gasteiger partial charge in [0.1, 0.15) is 0 Å². The molecule has 1 aliphatic rings. The van der Waals surface area contributed by atoms with Gasteiger partial charge < -0.3 is 0 Å². The van der Waals surface area contributed by atoms with Crippen LogP contribution in [0, 0.1) is 27.7 Å². The van der Waals surface area contributed by atoms with Crippen molar-refractivity contribution < 1.29 is 0 Å². The summed E-state index contributed by atoms with van der Waals surface area (Å²) in [4.78, 5) is 0. The number of hydrogen-bond donors (Lipinski definition) is 0. The van der Waals surface area contributed by atoms with E-state index in [0.29, 0.717) is 0 Å². The Labute approximate surface area is 280 Å². The lowest BCUT2D eigenvalue weighted by Crippen LogP contribution is -2.15. The van der Waals surface area contributed by atoms with Crippen LogP contribution in [0.2, 0.25) is 0 Å². The van der Waals surface area contributed by atoms with Crippen molar-refractivity contribution in [3.05, 3.63) is 200 Å². The summed E-state index contributed by atoms with van der Waals surface area (Å²) in [6.07, 6.45) is 4.72. The zero-order valence-electron chi connectivity index (χ0n) is 28.4. The second-order valence-corrected chi connectivity index (χ2v) is 13.8. The van der Waals surface area contributed by atoms with E-state index in [1.807, 2.05) is 0 Å². The molecular formula is C47H42. The molecule has 0 fully saturated rings. The van der Waals surface area contributed by atoms with E-state index in [2.05, 4.69) is 187 Å². The van der Waals surface area contributed by atoms with Crippen LogP contribution in [0.5, 0.6) is 0 Å². The second-order valence-electron chi connectivity index (χ2n) is 13.8. The molecule has 1 aliphatic carbocycles. The highest BCUT2D eigenvalue weighted by molar-refractivity contribution is 5.94. The maximum Gasteiger partial charge on any atom is 0.0159 e. The molecule has 0 saturated carbocycles. The number of rotatable bonds is 6. The molecule has 0 nitrogen and oxygen atoms in total. The third kappa shape index (κ3) is 6.05. The summed E-state index contributed by atoms with van der Waals surface area (Å²) >= 11 is 0. The van der Waals surface area contributed by atoms with Crippen molar-refractivity contribution in [1.29, 1.82) is 0 Å². The third-order valence-corrected chi connectivity index (χ3v) is 9.80. The Morgan fingerprint density at radius 3 is 0.936 bits per heavy atom. The van der Waals surface area contributed by atoms with Gasteiger partial charge in [-0.3, -0.25) is 0 Å². The first-order chi connectivity index (χ1) is 22.7. The van der Waals surface area contributed by atoms with E-state index in [1.54, 1.807) is 0 Å². The van der Waals surface area contributed by atoms with E-state index in [9.17, 15) is 0 Å². The number of hydrogen-bond acceptors (Lipinski definition) is 0. The maximum absolute atomic E-state index is 2.41. The fourth-order valence-corrected chi connectivity index (χ4v) is 6.88. The SMILES string of the molecule is Cc1ccc(C(=Cc2ccc3c(c2)C(C)(C)c2cc(C=C(c4ccc(C)cc4)c4ccc(C)cc4)ccc2-3)c2ccc(C)cc2)cc1. The summed E-state index contributed by atoms with van der Waals surface area (Å²) in [7, 11) is 0. The maximum atomic E-state index is 2.41. The van der Waals surface area contributed by atoms with Crippen LogP contribution in [-0.2, 0) is 5.41 Å². The van der Waals surface area contributed by atoms with Gasteiger partial charge in [0.15, 0.2) is 0 Å². The van der Waals surface area contributed by atoms with Crippen LogP contribution in [-0.4, -0.2) is 0 Å². The fourth-order valence-electron chi connectivity index (χ4n) is 6.88. The normalized spacial score (nSPS) is 12.6. The van der Waals surface area contributed by atoms with Crippen molar-refractivity contribution in [3.63, 3.8) is 0 Å². The molecule has 0 amide bonds. The van der Waals surface area contributed by atoms with Gasteiger partial charge in [0.2, 0.25) is 0 Å². The van der Waals surface area contributed by atoms with E-state index in [-0.39, 0.29) is 5.41 Å². The average molecular weight is 607 g/mol. The van der Waals surface area contributed by atoms with E-state index >= 15 is 0 Å². The van der Waals surface area contributed by atoms with Crippen LogP contribution in [0.1, 0.15) is 80.6 Å². The van der Waals surface area contributed by atoms with Gasteiger partial charge in [-0.15, -0.1) is 0 Å². The second kappa shape index (κ2) is 12.2. The Morgan fingerprint density at radius 2 is 0.660 bits per heavy atom. The molecule has 6 aromatic rings. The molecule has 0 atom stereocenters. The molecule has 0 heteroatoms. The standard InChI is InChI=1S/C47H42/c1-31-7-17-37(18-8-31)43(38-19-9-32(2)10-20-38)27-35-15-25-41-42-26-16-36(30-46(42)47(5,6)45(41)29-35)28-44(39-21-11-33(3)12-22-39)40-23-13-34(4)14-24-40/h7-30H,1-6H3. The van der Waals surface area contributed by atoms with E-state index in [1.165, 1.54) is 89.0 Å². The summed E-state index contributed by atoms with van der Waals surface area (Å²) < 4.78 is 0. The van der Waals surface area contributed by atoms with Gasteiger partial charge >= 0.3 is 0 Å². The number of fused-ring (bicyclic) bond motifs is 3. The molecule has 230 valence electrons. The highest BCUT2D eigenvalue weighted by Crippen LogP contribution is 2.49. The van der Waals surface area contributed by atoms with E-state index in [0.717, 1.165) is 0 Å². The minimum atomic E-state index is -0.125. The van der Waals surface area contributed by atoms with Gasteiger partial charge in [-0.1, -0.05) is 170 Å². The lowest BCUT2D eigenvalue weighted by atomic mass is 9.81. The molecule has 0 radical (unpaired) electrons. The van der Waals surface area contributed by atoms with Crippen molar-refractivity contribution in [3.8, 4) is 11.1 Å². The van der Waals surface area contributed by atoms with Crippen LogP contribution in [0.25, 0.3) is 34.4 Å². The summed E-state index contributed by atoms with van der Waals surface area (Å²) in [5.41, 5.74) is 20.3. The smallest absolute Gasteiger partial charge is 0.0159 e. The van der Waals surface area contributed by atoms with Crippen molar-refractivity contribution in [1.82, 2.24) is 0 Å². The Kier molecular flexibility index (Phi) is 7.90. The molecule has 0 bridgehead atoms. The Hall–Kier alpha value is -5.20. The fraction of sp³-hybridized carbons (Fsp3) is 0.149. The lowest BCUT2D eigenvalue weighted by molar-refractivity contribution is 0.660. The summed E-state index contributed by atoms with van der Waals surface area (Å²) in [6, 6.07) is 49.6. The quantitative estimate of drug-likeness (QED) is 0.165. The van der Waals surface area contributed by atoms with Crippen molar-refractivity contribution in [2.75, 3.05) is 0 Å². The minimum Gasteiger partial charge on any atom is -0.0587 e. The van der Waals surface area contributed by atoms with Crippen LogP contribution in [0.3, 0.4) is 0 Å². The Balaban J connectivity index is 1.30. The largest absolute Gasteiger partial charge is 0.0587 e. The third-order valence-electron chi connectivity index (χ3n) is 9.80. The molecule has 0 N–H and O–H groups in total. The summed E-state index contributed by atoms with van der Waals surface area (Å²) in [5, 5.41) is 0. The number of benzene rings is 6. The van der Waals surface area contributed by atoms with Crippen LogP contribution in [0.4, 0.5) is 0 Å². The lowest BCUT2D eigenvalue weighted by Gasteiger charge is -2.22. The zero-order valence-corrected chi connectivity index (χ0v) is 28.4. The van der Waals surface area contributed by atoms with Crippen LogP contribution < -0.4 is 0 Å². The van der Waals surface area contributed by atoms with Crippen molar-refractivity contribution in [2.45, 2.75) is 47.0 Å². The van der Waals surface area contributed by atoms with Crippen molar-refractivity contribution >= 4 is 23.3 Å². The van der Waals surface area contributed by atoms with Gasteiger partial charge in [-0.2, -0.15) is 0 Å². The van der Waals surface area contributed by atoms with Crippen LogP contribution in [0.15, 0.2) is 133 Å². The molecule has 6 aromatic carbocycles. The molecular weight excluding hydrogens is 565 g/mol. The minimum absolute atomic E-state index is 0.125. The number of aryl methyl sites for hydroxylation is 4. The molecule has 0 spiro atoms. The predicted molar refractivity (Wildman–Crippen MR) is 203 cm³/mol. The molecule has 0 unspecified atom stereocenters. The van der Waals surface area contributed by atoms with E-state index < -0.39 is 0 Å². The van der Waals surface area contributed by atoms with E-state index in [4.69, 9.17) is 0 Å². The molecule has 0 aromatic heterocycles. The topological polar surface area (TPSA) is 0 Å². The molecule has 7 rings (SSSR count). The summed E-state index contributed by atoms with van der Waals surface area (Å²) in [5.74, 6) is 0. The van der Waals surface area contributed by atoms with Gasteiger partial charge in [0.25, 0.3) is 0 Å². The molecule has 0 heterocycles. The average Bonchev–Trinajstić information content (AvgIpc) is 3.29. The Bertz CT molecular complexity index is 1880. The van der Waals surface area contributed by atoms with Gasteiger partial charge in [-0.25, -0.2) is 0 Å². The zero-order chi connectivity index (χ0) is 32.7. The predicted octanol–water partition coefficient (Wildman–Crippen LogP) is 12.4. The molecule has 0 saturated heterocycles. The molecule has 0 aliphatic heterocycles. The van der Waals surface area contributed by atoms with Gasteiger partial charge in [0.05, 0.1) is 0 Å². The first-order valence-corrected chi connectivity index (χ1v) is 16.7. The highest BCUT2D eigenvalue weighted by atomic mass is 14.4. The first-order valence-electron chi connectivity index (χ1n) is 16.7. The van der Waals surface area contributed by atoms with Gasteiger partial charge in [-0.05, 0) is 107 Å².